The summed E-state index contributed by atoms with van der Waals surface area (Å²) < 4.78 is 5.97. The number of carbonyl (C=O) groups is 1. The smallest absolute Gasteiger partial charge is 0.339 e. The first-order valence-electron chi connectivity index (χ1n) is 8.77. The molecule has 0 aromatic heterocycles. The number of hydrogen-bond acceptors (Lipinski definition) is 2. The van der Waals surface area contributed by atoms with Crippen LogP contribution < -0.4 is 5.32 Å². The first-order valence-corrected chi connectivity index (χ1v) is 8.77. The zero-order valence-electron chi connectivity index (χ0n) is 14.5. The molecule has 2 aromatic rings. The van der Waals surface area contributed by atoms with E-state index in [1.54, 1.807) is 0 Å². The number of carbonyl (C=O) groups excluding carboxylic acids is 1. The number of quaternary nitrogens is 1. The van der Waals surface area contributed by atoms with Crippen molar-refractivity contribution < 1.29 is 14.8 Å². The van der Waals surface area contributed by atoms with Gasteiger partial charge in [0.25, 0.3) is 0 Å². The quantitative estimate of drug-likeness (QED) is 0.877. The summed E-state index contributed by atoms with van der Waals surface area (Å²) >= 11 is 0. The molecule has 3 nitrogen and oxygen atoms in total. The van der Waals surface area contributed by atoms with E-state index in [1.165, 1.54) is 0 Å². The van der Waals surface area contributed by atoms with Crippen LogP contribution in [0.25, 0.3) is 11.1 Å². The first-order chi connectivity index (χ1) is 11.6. The summed E-state index contributed by atoms with van der Waals surface area (Å²) in [5, 5.41) is 2.33. The van der Waals surface area contributed by atoms with E-state index in [4.69, 9.17) is 4.74 Å². The van der Waals surface area contributed by atoms with Crippen molar-refractivity contribution in [3.05, 3.63) is 60.2 Å². The van der Waals surface area contributed by atoms with Crippen molar-refractivity contribution in [2.24, 2.45) is 5.92 Å². The van der Waals surface area contributed by atoms with Gasteiger partial charge in [-0.25, -0.2) is 4.79 Å². The van der Waals surface area contributed by atoms with E-state index in [0.717, 1.165) is 37.1 Å². The van der Waals surface area contributed by atoms with E-state index in [-0.39, 0.29) is 5.97 Å². The predicted molar refractivity (Wildman–Crippen MR) is 95.8 cm³/mol. The fourth-order valence-corrected chi connectivity index (χ4v) is 3.53. The molecule has 0 spiro atoms. The fourth-order valence-electron chi connectivity index (χ4n) is 3.53. The molecule has 3 heteroatoms. The van der Waals surface area contributed by atoms with Crippen molar-refractivity contribution in [2.45, 2.75) is 32.3 Å². The van der Waals surface area contributed by atoms with Crippen LogP contribution in [-0.4, -0.2) is 24.7 Å². The number of ether oxygens (including phenoxy) is 1. The molecule has 0 radical (unpaired) electrons. The third-order valence-electron chi connectivity index (χ3n) is 5.01. The third kappa shape index (κ3) is 3.68. The Morgan fingerprint density at radius 2 is 1.62 bits per heavy atom. The molecule has 2 N–H and O–H groups in total. The Hall–Kier alpha value is -2.13. The lowest BCUT2D eigenvalue weighted by Gasteiger charge is -2.35. The van der Waals surface area contributed by atoms with E-state index in [1.807, 2.05) is 68.4 Å². The lowest BCUT2D eigenvalue weighted by Crippen LogP contribution is -2.86. The number of benzene rings is 2. The standard InChI is InChI=1S/C21H25NO2/c1-21(2,17-12-14-22-15-13-17)24-20(23)19-11-7-6-10-18(19)16-8-4-3-5-9-16/h3-11,17,22H,12-15H2,1-2H3/p+1. The van der Waals surface area contributed by atoms with Gasteiger partial charge in [-0.1, -0.05) is 48.5 Å². The SMILES string of the molecule is CC(C)(OC(=O)c1ccccc1-c1ccccc1)C1CC[NH2+]CC1. The highest BCUT2D eigenvalue weighted by atomic mass is 16.6. The Bertz CT molecular complexity index is 688. The van der Waals surface area contributed by atoms with Crippen LogP contribution >= 0.6 is 0 Å². The van der Waals surface area contributed by atoms with Crippen molar-refractivity contribution in [1.82, 2.24) is 0 Å². The van der Waals surface area contributed by atoms with Gasteiger partial charge in [-0.3, -0.25) is 0 Å². The van der Waals surface area contributed by atoms with Crippen LogP contribution in [0.3, 0.4) is 0 Å². The van der Waals surface area contributed by atoms with Gasteiger partial charge in [0.1, 0.15) is 5.60 Å². The minimum Gasteiger partial charge on any atom is -0.456 e. The van der Waals surface area contributed by atoms with Gasteiger partial charge < -0.3 is 10.1 Å². The van der Waals surface area contributed by atoms with Gasteiger partial charge in [0.15, 0.2) is 0 Å². The second-order valence-electron chi connectivity index (χ2n) is 7.04. The van der Waals surface area contributed by atoms with Crippen LogP contribution in [0.15, 0.2) is 54.6 Å². The summed E-state index contributed by atoms with van der Waals surface area (Å²) in [6, 6.07) is 17.7. The molecule has 1 aliphatic heterocycles. The molecule has 2 aromatic carbocycles. The summed E-state index contributed by atoms with van der Waals surface area (Å²) in [5.41, 5.74) is 2.17. The van der Waals surface area contributed by atoms with E-state index in [2.05, 4.69) is 5.32 Å². The summed E-state index contributed by atoms with van der Waals surface area (Å²) in [6.07, 6.45) is 2.20. The average molecular weight is 324 g/mol. The Balaban J connectivity index is 1.83. The molecule has 1 fully saturated rings. The Morgan fingerprint density at radius 1 is 1.00 bits per heavy atom. The van der Waals surface area contributed by atoms with Crippen molar-refractivity contribution in [1.29, 1.82) is 0 Å². The monoisotopic (exact) mass is 324 g/mol. The van der Waals surface area contributed by atoms with Crippen LogP contribution in [0.5, 0.6) is 0 Å². The highest BCUT2D eigenvalue weighted by molar-refractivity contribution is 5.97. The third-order valence-corrected chi connectivity index (χ3v) is 5.01. The largest absolute Gasteiger partial charge is 0.456 e. The zero-order valence-corrected chi connectivity index (χ0v) is 14.5. The van der Waals surface area contributed by atoms with Gasteiger partial charge in [0.2, 0.25) is 0 Å². The number of esters is 1. The number of hydrogen-bond donors (Lipinski definition) is 1. The van der Waals surface area contributed by atoms with Gasteiger partial charge in [0, 0.05) is 18.8 Å². The molecule has 0 saturated carbocycles. The molecule has 126 valence electrons. The molecular formula is C21H26NO2+. The van der Waals surface area contributed by atoms with Crippen LogP contribution in [0.2, 0.25) is 0 Å². The molecule has 0 unspecified atom stereocenters. The lowest BCUT2D eigenvalue weighted by atomic mass is 9.83. The maximum Gasteiger partial charge on any atom is 0.339 e. The van der Waals surface area contributed by atoms with Gasteiger partial charge >= 0.3 is 5.97 Å². The van der Waals surface area contributed by atoms with Gasteiger partial charge in [-0.05, 0) is 31.0 Å². The summed E-state index contributed by atoms with van der Waals surface area (Å²) in [7, 11) is 0. The second kappa shape index (κ2) is 7.18. The normalized spacial score (nSPS) is 15.9. The minimum absolute atomic E-state index is 0.228. The molecule has 1 aliphatic rings. The average Bonchev–Trinajstić information content (AvgIpc) is 2.63. The summed E-state index contributed by atoms with van der Waals surface area (Å²) in [6.45, 7) is 6.33. The van der Waals surface area contributed by atoms with Crippen molar-refractivity contribution in [3.63, 3.8) is 0 Å². The van der Waals surface area contributed by atoms with Gasteiger partial charge in [-0.2, -0.15) is 0 Å². The predicted octanol–water partition coefficient (Wildman–Crippen LogP) is 3.26. The fraction of sp³-hybridized carbons (Fsp3) is 0.381. The summed E-state index contributed by atoms with van der Waals surface area (Å²) in [5.74, 6) is 0.198. The number of piperidine rings is 1. The Kier molecular flexibility index (Phi) is 5.00. The molecule has 0 amide bonds. The molecular weight excluding hydrogens is 298 g/mol. The van der Waals surface area contributed by atoms with E-state index in [9.17, 15) is 4.79 Å². The van der Waals surface area contributed by atoms with Gasteiger partial charge in [0.05, 0.1) is 18.7 Å². The van der Waals surface area contributed by atoms with Crippen LogP contribution in [0.4, 0.5) is 0 Å². The summed E-state index contributed by atoms with van der Waals surface area (Å²) in [4.78, 5) is 12.9. The first kappa shape index (κ1) is 16.7. The molecule has 0 atom stereocenters. The highest BCUT2D eigenvalue weighted by Gasteiger charge is 2.35. The van der Waals surface area contributed by atoms with E-state index < -0.39 is 5.60 Å². The van der Waals surface area contributed by atoms with Crippen LogP contribution in [-0.2, 0) is 4.74 Å². The molecule has 1 heterocycles. The van der Waals surface area contributed by atoms with Crippen LogP contribution in [0.1, 0.15) is 37.0 Å². The lowest BCUT2D eigenvalue weighted by molar-refractivity contribution is -0.665. The minimum atomic E-state index is -0.435. The maximum atomic E-state index is 12.9. The molecule has 0 aliphatic carbocycles. The van der Waals surface area contributed by atoms with Crippen LogP contribution in [0, 0.1) is 5.92 Å². The topological polar surface area (TPSA) is 42.9 Å². The second-order valence-corrected chi connectivity index (χ2v) is 7.04. The van der Waals surface area contributed by atoms with Gasteiger partial charge in [-0.15, -0.1) is 0 Å². The van der Waals surface area contributed by atoms with Crippen molar-refractivity contribution in [2.75, 3.05) is 13.1 Å². The number of rotatable bonds is 4. The Labute approximate surface area is 144 Å². The highest BCUT2D eigenvalue weighted by Crippen LogP contribution is 2.31. The molecule has 3 rings (SSSR count). The van der Waals surface area contributed by atoms with E-state index in [0.29, 0.717) is 11.5 Å². The molecule has 0 bridgehead atoms. The van der Waals surface area contributed by atoms with Crippen molar-refractivity contribution >= 4 is 5.97 Å². The maximum absolute atomic E-state index is 12.9. The van der Waals surface area contributed by atoms with E-state index >= 15 is 0 Å². The number of nitrogens with two attached hydrogens (primary N) is 1. The molecule has 24 heavy (non-hydrogen) atoms. The zero-order chi connectivity index (χ0) is 17.0. The Morgan fingerprint density at radius 3 is 2.33 bits per heavy atom. The molecule has 1 saturated heterocycles. The van der Waals surface area contributed by atoms with Crippen molar-refractivity contribution in [3.8, 4) is 11.1 Å².